The summed E-state index contributed by atoms with van der Waals surface area (Å²) in [5.74, 6) is 0. The van der Waals surface area contributed by atoms with E-state index in [9.17, 15) is 0 Å². The van der Waals surface area contributed by atoms with Crippen LogP contribution >= 0.6 is 0 Å². The molecule has 0 saturated carbocycles. The molecule has 2 heteroatoms. The van der Waals surface area contributed by atoms with Gasteiger partial charge in [-0.3, -0.25) is 9.80 Å². The Morgan fingerprint density at radius 1 is 0.889 bits per heavy atom. The smallest absolute Gasteiger partial charge is 0.0241 e. The molecule has 0 radical (unpaired) electrons. The molecule has 0 aliphatic carbocycles. The maximum absolute atomic E-state index is 2.58. The zero-order valence-corrected chi connectivity index (χ0v) is 11.6. The van der Waals surface area contributed by atoms with E-state index >= 15 is 0 Å². The van der Waals surface area contributed by atoms with Crippen LogP contribution in [0.4, 0.5) is 0 Å². The van der Waals surface area contributed by atoms with Crippen LogP contribution in [0.15, 0.2) is 24.3 Å². The van der Waals surface area contributed by atoms with Gasteiger partial charge in [0.05, 0.1) is 0 Å². The third-order valence-electron chi connectivity index (χ3n) is 4.46. The monoisotopic (exact) mass is 244 g/mol. The first kappa shape index (κ1) is 12.2. The van der Waals surface area contributed by atoms with Gasteiger partial charge in [-0.05, 0) is 24.0 Å². The van der Waals surface area contributed by atoms with Gasteiger partial charge in [-0.25, -0.2) is 0 Å². The van der Waals surface area contributed by atoms with Crippen LogP contribution in [0.2, 0.25) is 0 Å². The third-order valence-corrected chi connectivity index (χ3v) is 4.46. The van der Waals surface area contributed by atoms with Gasteiger partial charge >= 0.3 is 0 Å². The van der Waals surface area contributed by atoms with E-state index in [2.05, 4.69) is 47.9 Å². The molecule has 1 aromatic carbocycles. The van der Waals surface area contributed by atoms with Gasteiger partial charge in [-0.2, -0.15) is 0 Å². The fourth-order valence-corrected chi connectivity index (χ4v) is 2.91. The first-order valence-corrected chi connectivity index (χ1v) is 7.36. The van der Waals surface area contributed by atoms with Crippen molar-refractivity contribution in [3.8, 4) is 0 Å². The van der Waals surface area contributed by atoms with E-state index in [4.69, 9.17) is 0 Å². The van der Waals surface area contributed by atoms with E-state index in [1.165, 1.54) is 37.1 Å². The maximum Gasteiger partial charge on any atom is 0.0241 e. The summed E-state index contributed by atoms with van der Waals surface area (Å²) in [4.78, 5) is 5.16. The quantitative estimate of drug-likeness (QED) is 0.710. The van der Waals surface area contributed by atoms with Crippen molar-refractivity contribution < 1.29 is 0 Å². The molecule has 2 aliphatic heterocycles. The molecule has 4 atom stereocenters. The molecule has 0 spiro atoms. The van der Waals surface area contributed by atoms with Crippen LogP contribution < -0.4 is 0 Å². The van der Waals surface area contributed by atoms with Gasteiger partial charge < -0.3 is 0 Å². The lowest BCUT2D eigenvalue weighted by atomic mass is 10.1. The normalized spacial score (nSPS) is 33.4. The fraction of sp³-hybridized carbons (Fsp3) is 0.625. The lowest BCUT2D eigenvalue weighted by Gasteiger charge is -2.11. The second kappa shape index (κ2) is 5.02. The van der Waals surface area contributed by atoms with Crippen LogP contribution in [0.3, 0.4) is 0 Å². The number of benzene rings is 1. The molecule has 4 unspecified atom stereocenters. The summed E-state index contributed by atoms with van der Waals surface area (Å²) >= 11 is 0. The van der Waals surface area contributed by atoms with E-state index in [1.54, 1.807) is 0 Å². The van der Waals surface area contributed by atoms with E-state index in [0.717, 1.165) is 25.2 Å². The van der Waals surface area contributed by atoms with Gasteiger partial charge in [0.25, 0.3) is 0 Å². The van der Waals surface area contributed by atoms with E-state index < -0.39 is 0 Å². The van der Waals surface area contributed by atoms with Crippen molar-refractivity contribution in [2.24, 2.45) is 0 Å². The van der Waals surface area contributed by atoms with Crippen LogP contribution in [0.25, 0.3) is 0 Å². The van der Waals surface area contributed by atoms with E-state index in [1.807, 2.05) is 0 Å². The average Bonchev–Trinajstić information content (AvgIpc) is 3.28. The van der Waals surface area contributed by atoms with Crippen LogP contribution in [0.1, 0.15) is 37.8 Å². The molecule has 3 rings (SSSR count). The van der Waals surface area contributed by atoms with Crippen molar-refractivity contribution in [3.63, 3.8) is 0 Å². The number of hydrogen-bond acceptors (Lipinski definition) is 2. The van der Waals surface area contributed by atoms with E-state index in [0.29, 0.717) is 0 Å². The van der Waals surface area contributed by atoms with Crippen molar-refractivity contribution in [3.05, 3.63) is 35.4 Å². The maximum atomic E-state index is 2.58. The summed E-state index contributed by atoms with van der Waals surface area (Å²) in [5.41, 5.74) is 3.07. The summed E-state index contributed by atoms with van der Waals surface area (Å²) in [5, 5.41) is 0. The molecular formula is C16H24N2. The summed E-state index contributed by atoms with van der Waals surface area (Å²) in [6.45, 7) is 9.48. The highest BCUT2D eigenvalue weighted by molar-refractivity contribution is 5.28. The highest BCUT2D eigenvalue weighted by Crippen LogP contribution is 2.28. The minimum atomic E-state index is 0.850. The zero-order valence-electron chi connectivity index (χ0n) is 11.6. The van der Waals surface area contributed by atoms with Crippen molar-refractivity contribution in [2.75, 3.05) is 13.1 Å². The molecule has 2 heterocycles. The Labute approximate surface area is 111 Å². The first-order chi connectivity index (χ1) is 8.81. The van der Waals surface area contributed by atoms with Crippen molar-refractivity contribution >= 4 is 0 Å². The van der Waals surface area contributed by atoms with Gasteiger partial charge in [0.1, 0.15) is 0 Å². The fourth-order valence-electron chi connectivity index (χ4n) is 2.91. The second-order valence-corrected chi connectivity index (χ2v) is 5.75. The first-order valence-electron chi connectivity index (χ1n) is 7.36. The molecule has 98 valence electrons. The average molecular weight is 244 g/mol. The van der Waals surface area contributed by atoms with Gasteiger partial charge in [-0.1, -0.05) is 38.1 Å². The second-order valence-electron chi connectivity index (χ2n) is 5.75. The molecule has 2 nitrogen and oxygen atoms in total. The highest BCUT2D eigenvalue weighted by atomic mass is 15.3. The lowest BCUT2D eigenvalue weighted by Crippen LogP contribution is -2.08. The Morgan fingerprint density at radius 3 is 1.67 bits per heavy atom. The topological polar surface area (TPSA) is 6.02 Å². The predicted octanol–water partition coefficient (Wildman–Crippen LogP) is 2.88. The lowest BCUT2D eigenvalue weighted by molar-refractivity contribution is 0.470. The largest absolute Gasteiger partial charge is 0.293 e. The number of nitrogens with zero attached hydrogens (tertiary/aromatic N) is 2. The summed E-state index contributed by atoms with van der Waals surface area (Å²) < 4.78 is 0. The Bertz CT molecular complexity index is 376. The van der Waals surface area contributed by atoms with Crippen LogP contribution in [-0.2, 0) is 13.1 Å². The molecule has 0 aromatic heterocycles. The number of hydrogen-bond donors (Lipinski definition) is 0. The van der Waals surface area contributed by atoms with Gasteiger partial charge in [0.15, 0.2) is 0 Å². The molecule has 0 N–H and O–H groups in total. The van der Waals surface area contributed by atoms with Gasteiger partial charge in [0.2, 0.25) is 0 Å². The van der Waals surface area contributed by atoms with Gasteiger partial charge in [0, 0.05) is 38.3 Å². The molecule has 1 aromatic rings. The molecule has 2 aliphatic rings. The molecule has 2 fully saturated rings. The Morgan fingerprint density at radius 2 is 1.33 bits per heavy atom. The summed E-state index contributed by atoms with van der Waals surface area (Å²) in [6, 6.07) is 10.7. The van der Waals surface area contributed by atoms with Crippen molar-refractivity contribution in [1.82, 2.24) is 9.80 Å². The molecule has 0 amide bonds. The Hall–Kier alpha value is -0.860. The summed E-state index contributed by atoms with van der Waals surface area (Å²) in [7, 11) is 0. The van der Waals surface area contributed by atoms with Gasteiger partial charge in [-0.15, -0.1) is 0 Å². The Kier molecular flexibility index (Phi) is 3.40. The Balaban J connectivity index is 1.63. The SMILES string of the molecule is CCC1CN1Cc1ccccc1CN1CC1CC. The standard InChI is InChI=1S/C16H24N2/c1-3-15-11-17(15)9-13-7-5-6-8-14(13)10-18-12-16(18)4-2/h5-8,15-16H,3-4,9-12H2,1-2H3. The van der Waals surface area contributed by atoms with Crippen LogP contribution in [0, 0.1) is 0 Å². The molecular weight excluding hydrogens is 220 g/mol. The predicted molar refractivity (Wildman–Crippen MR) is 75.4 cm³/mol. The highest BCUT2D eigenvalue weighted by Gasteiger charge is 2.34. The molecule has 2 saturated heterocycles. The van der Waals surface area contributed by atoms with Crippen LogP contribution in [0.5, 0.6) is 0 Å². The minimum absolute atomic E-state index is 0.850. The zero-order chi connectivity index (χ0) is 12.5. The van der Waals surface area contributed by atoms with E-state index in [-0.39, 0.29) is 0 Å². The summed E-state index contributed by atoms with van der Waals surface area (Å²) in [6.07, 6.45) is 2.60. The van der Waals surface area contributed by atoms with Crippen molar-refractivity contribution in [2.45, 2.75) is 51.9 Å². The number of rotatable bonds is 6. The van der Waals surface area contributed by atoms with Crippen molar-refractivity contribution in [1.29, 1.82) is 0 Å². The minimum Gasteiger partial charge on any atom is -0.293 e. The van der Waals surface area contributed by atoms with Crippen LogP contribution in [-0.4, -0.2) is 35.0 Å². The molecule has 0 bridgehead atoms. The third kappa shape index (κ3) is 2.60. The molecule has 18 heavy (non-hydrogen) atoms.